The van der Waals surface area contributed by atoms with E-state index in [1.807, 2.05) is 0 Å². The van der Waals surface area contributed by atoms with Crippen LogP contribution in [0.5, 0.6) is 11.5 Å². The summed E-state index contributed by atoms with van der Waals surface area (Å²) in [4.78, 5) is 22.7. The minimum Gasteiger partial charge on any atom is -0.481 e. The van der Waals surface area contributed by atoms with Crippen molar-refractivity contribution in [3.8, 4) is 11.5 Å². The minimum atomic E-state index is -0.982. The molecule has 2 rings (SSSR count). The lowest BCUT2D eigenvalue weighted by Gasteiger charge is -2.19. The molecule has 0 aromatic heterocycles. The summed E-state index contributed by atoms with van der Waals surface area (Å²) >= 11 is 0. The normalized spacial score (nSPS) is 13.1. The van der Waals surface area contributed by atoms with Crippen molar-refractivity contribution in [2.45, 2.75) is 20.3 Å². The second-order valence-corrected chi connectivity index (χ2v) is 5.33. The van der Waals surface area contributed by atoms with Crippen molar-refractivity contribution in [1.29, 1.82) is 0 Å². The van der Waals surface area contributed by atoms with Crippen LogP contribution in [0, 0.1) is 5.41 Å². The lowest BCUT2D eigenvalue weighted by atomic mass is 9.94. The average molecular weight is 279 g/mol. The van der Waals surface area contributed by atoms with Crippen LogP contribution < -0.4 is 14.8 Å². The second kappa shape index (κ2) is 5.40. The van der Waals surface area contributed by atoms with Crippen molar-refractivity contribution in [3.05, 3.63) is 23.8 Å². The Morgan fingerprint density at radius 1 is 1.30 bits per heavy atom. The molecular formula is C14H17NO5. The van der Waals surface area contributed by atoms with Crippen molar-refractivity contribution in [1.82, 2.24) is 5.32 Å². The van der Waals surface area contributed by atoms with E-state index in [2.05, 4.69) is 5.32 Å². The number of carbonyl (C=O) groups is 2. The third kappa shape index (κ3) is 3.20. The van der Waals surface area contributed by atoms with Crippen molar-refractivity contribution in [2.24, 2.45) is 5.41 Å². The number of carboxylic acid groups (broad SMARTS) is 1. The summed E-state index contributed by atoms with van der Waals surface area (Å²) in [5.74, 6) is 0.126. The van der Waals surface area contributed by atoms with E-state index >= 15 is 0 Å². The lowest BCUT2D eigenvalue weighted by Crippen LogP contribution is -2.39. The Kier molecular flexibility index (Phi) is 3.83. The van der Waals surface area contributed by atoms with Crippen LogP contribution in [0.15, 0.2) is 18.2 Å². The average Bonchev–Trinajstić information content (AvgIpc) is 2.83. The number of amides is 1. The summed E-state index contributed by atoms with van der Waals surface area (Å²) < 4.78 is 10.4. The predicted octanol–water partition coefficient (Wildman–Crippen LogP) is 1.18. The number of hydrogen-bond donors (Lipinski definition) is 2. The van der Waals surface area contributed by atoms with Crippen molar-refractivity contribution >= 4 is 11.9 Å². The van der Waals surface area contributed by atoms with E-state index in [1.165, 1.54) is 0 Å². The first-order valence-corrected chi connectivity index (χ1v) is 6.27. The van der Waals surface area contributed by atoms with E-state index in [-0.39, 0.29) is 25.7 Å². The van der Waals surface area contributed by atoms with Crippen molar-refractivity contribution in [2.75, 3.05) is 13.3 Å². The molecule has 1 aromatic rings. The van der Waals surface area contributed by atoms with Crippen LogP contribution in [0.1, 0.15) is 19.4 Å². The topological polar surface area (TPSA) is 84.9 Å². The Hall–Kier alpha value is -2.24. The SMILES string of the molecule is CC(C)(CNC(=O)Cc1ccc2c(c1)OCO2)C(=O)O. The first-order chi connectivity index (χ1) is 9.38. The summed E-state index contributed by atoms with van der Waals surface area (Å²) in [6.07, 6.45) is 0.173. The number of carboxylic acids is 1. The smallest absolute Gasteiger partial charge is 0.310 e. The molecule has 0 bridgehead atoms. The largest absolute Gasteiger partial charge is 0.481 e. The Labute approximate surface area is 116 Å². The van der Waals surface area contributed by atoms with Gasteiger partial charge in [-0.2, -0.15) is 0 Å². The second-order valence-electron chi connectivity index (χ2n) is 5.33. The molecule has 0 unspecified atom stereocenters. The zero-order valence-corrected chi connectivity index (χ0v) is 11.4. The van der Waals surface area contributed by atoms with Gasteiger partial charge in [-0.15, -0.1) is 0 Å². The Bertz CT molecular complexity index is 538. The maximum Gasteiger partial charge on any atom is 0.310 e. The highest BCUT2D eigenvalue weighted by molar-refractivity contribution is 5.80. The quantitative estimate of drug-likeness (QED) is 0.845. The van der Waals surface area contributed by atoms with Gasteiger partial charge in [0, 0.05) is 6.54 Å². The highest BCUT2D eigenvalue weighted by Crippen LogP contribution is 2.32. The van der Waals surface area contributed by atoms with E-state index < -0.39 is 11.4 Å². The Balaban J connectivity index is 1.90. The van der Waals surface area contributed by atoms with Gasteiger partial charge in [-0.25, -0.2) is 0 Å². The molecular weight excluding hydrogens is 262 g/mol. The molecule has 0 radical (unpaired) electrons. The zero-order valence-electron chi connectivity index (χ0n) is 11.4. The molecule has 6 heteroatoms. The van der Waals surface area contributed by atoms with Crippen molar-refractivity contribution in [3.63, 3.8) is 0 Å². The lowest BCUT2D eigenvalue weighted by molar-refractivity contribution is -0.146. The molecule has 1 aliphatic rings. The van der Waals surface area contributed by atoms with Gasteiger partial charge in [-0.05, 0) is 31.5 Å². The van der Waals surface area contributed by atoms with Gasteiger partial charge in [0.1, 0.15) is 0 Å². The molecule has 0 atom stereocenters. The Morgan fingerprint density at radius 3 is 2.70 bits per heavy atom. The number of benzene rings is 1. The molecule has 1 aromatic carbocycles. The summed E-state index contributed by atoms with van der Waals surface area (Å²) in [5, 5.41) is 11.6. The van der Waals surface area contributed by atoms with E-state index in [1.54, 1.807) is 32.0 Å². The van der Waals surface area contributed by atoms with Crippen LogP contribution in [0.3, 0.4) is 0 Å². The van der Waals surface area contributed by atoms with Gasteiger partial charge >= 0.3 is 5.97 Å². The number of hydrogen-bond acceptors (Lipinski definition) is 4. The fraction of sp³-hybridized carbons (Fsp3) is 0.429. The summed E-state index contributed by atoms with van der Waals surface area (Å²) in [6.45, 7) is 3.41. The molecule has 2 N–H and O–H groups in total. The summed E-state index contributed by atoms with van der Waals surface area (Å²) in [7, 11) is 0. The van der Waals surface area contributed by atoms with Crippen LogP contribution in [0.2, 0.25) is 0 Å². The Morgan fingerprint density at radius 2 is 2.00 bits per heavy atom. The van der Waals surface area contributed by atoms with Gasteiger partial charge in [-0.3, -0.25) is 9.59 Å². The van der Waals surface area contributed by atoms with Crippen LogP contribution in [0.25, 0.3) is 0 Å². The number of ether oxygens (including phenoxy) is 2. The number of carbonyl (C=O) groups excluding carboxylic acids is 1. The van der Waals surface area contributed by atoms with E-state index in [9.17, 15) is 9.59 Å². The highest BCUT2D eigenvalue weighted by atomic mass is 16.7. The highest BCUT2D eigenvalue weighted by Gasteiger charge is 2.27. The summed E-state index contributed by atoms with van der Waals surface area (Å²) in [6, 6.07) is 5.30. The van der Waals surface area contributed by atoms with Gasteiger partial charge in [0.05, 0.1) is 11.8 Å². The minimum absolute atomic E-state index is 0.0890. The molecule has 108 valence electrons. The van der Waals surface area contributed by atoms with Gasteiger partial charge in [0.15, 0.2) is 11.5 Å². The molecule has 20 heavy (non-hydrogen) atoms. The molecule has 1 aliphatic heterocycles. The maximum absolute atomic E-state index is 11.8. The van der Waals surface area contributed by atoms with Gasteiger partial charge in [0.25, 0.3) is 0 Å². The third-order valence-electron chi connectivity index (χ3n) is 3.11. The van der Waals surface area contributed by atoms with Crippen LogP contribution in [-0.4, -0.2) is 30.3 Å². The van der Waals surface area contributed by atoms with Gasteiger partial charge < -0.3 is 19.9 Å². The molecule has 1 amide bonds. The van der Waals surface area contributed by atoms with E-state index in [0.717, 1.165) is 5.56 Å². The standard InChI is InChI=1S/C14H17NO5/c1-14(2,13(17)18)7-15-12(16)6-9-3-4-10-11(5-9)20-8-19-10/h3-5H,6-8H2,1-2H3,(H,15,16)(H,17,18). The maximum atomic E-state index is 11.8. The van der Waals surface area contributed by atoms with Gasteiger partial charge in [0.2, 0.25) is 12.7 Å². The van der Waals surface area contributed by atoms with Crippen molar-refractivity contribution < 1.29 is 24.2 Å². The molecule has 6 nitrogen and oxygen atoms in total. The van der Waals surface area contributed by atoms with E-state index in [0.29, 0.717) is 11.5 Å². The number of rotatable bonds is 5. The number of fused-ring (bicyclic) bond motifs is 1. The molecule has 0 spiro atoms. The monoisotopic (exact) mass is 279 g/mol. The molecule has 0 saturated heterocycles. The first-order valence-electron chi connectivity index (χ1n) is 6.27. The third-order valence-corrected chi connectivity index (χ3v) is 3.11. The molecule has 0 saturated carbocycles. The molecule has 0 aliphatic carbocycles. The van der Waals surface area contributed by atoms with E-state index in [4.69, 9.17) is 14.6 Å². The first kappa shape index (κ1) is 14.2. The molecule has 0 fully saturated rings. The molecule has 1 heterocycles. The van der Waals surface area contributed by atoms with Crippen LogP contribution in [0.4, 0.5) is 0 Å². The van der Waals surface area contributed by atoms with Crippen LogP contribution in [-0.2, 0) is 16.0 Å². The predicted molar refractivity (Wildman–Crippen MR) is 70.7 cm³/mol. The summed E-state index contributed by atoms with van der Waals surface area (Å²) in [5.41, 5.74) is -0.190. The number of nitrogens with one attached hydrogen (secondary N) is 1. The fourth-order valence-corrected chi connectivity index (χ4v) is 1.69. The van der Waals surface area contributed by atoms with Gasteiger partial charge in [-0.1, -0.05) is 6.07 Å². The fourth-order valence-electron chi connectivity index (χ4n) is 1.69. The van der Waals surface area contributed by atoms with Crippen LogP contribution >= 0.6 is 0 Å². The number of aliphatic carboxylic acids is 1. The zero-order chi connectivity index (χ0) is 14.8.